The molecule has 3 aromatic heterocycles. The fraction of sp³-hybridized carbons (Fsp3) is 0.360. The first-order valence-electron chi connectivity index (χ1n) is 12.5. The van der Waals surface area contributed by atoms with Gasteiger partial charge in [0, 0.05) is 12.1 Å². The SMILES string of the molecule is Nc1cn[nH]c(=O)c1C(F)(F)F.Nc1nc(-c2cc3ncn(CCC4CCCC4)c(=O)c3cc2F)cnc1C(F)(F)F. The molecule has 5 N–H and O–H groups in total. The molecular formula is C25H23F7N8O2. The lowest BCUT2D eigenvalue weighted by atomic mass is 10.0. The van der Waals surface area contributed by atoms with Crippen molar-refractivity contribution in [3.8, 4) is 11.3 Å². The van der Waals surface area contributed by atoms with E-state index in [1.54, 1.807) is 5.10 Å². The number of nitrogens with one attached hydrogen (secondary N) is 1. The van der Waals surface area contributed by atoms with Gasteiger partial charge in [0.15, 0.2) is 11.5 Å². The van der Waals surface area contributed by atoms with Crippen LogP contribution < -0.4 is 22.6 Å². The largest absolute Gasteiger partial charge is 0.437 e. The fourth-order valence-corrected chi connectivity index (χ4v) is 4.61. The lowest BCUT2D eigenvalue weighted by Gasteiger charge is -2.12. The van der Waals surface area contributed by atoms with Crippen molar-refractivity contribution >= 4 is 22.4 Å². The minimum Gasteiger partial charge on any atom is -0.397 e. The lowest BCUT2D eigenvalue weighted by molar-refractivity contribution is -0.140. The highest BCUT2D eigenvalue weighted by molar-refractivity contribution is 5.83. The number of hydrogen-bond acceptors (Lipinski definition) is 8. The molecule has 1 aliphatic carbocycles. The molecule has 1 fully saturated rings. The maximum atomic E-state index is 14.7. The summed E-state index contributed by atoms with van der Waals surface area (Å²) in [6.45, 7) is 0.511. The Hall–Kier alpha value is -4.57. The molecular weight excluding hydrogens is 577 g/mol. The van der Waals surface area contributed by atoms with Crippen LogP contribution in [0.3, 0.4) is 0 Å². The van der Waals surface area contributed by atoms with Gasteiger partial charge < -0.3 is 11.5 Å². The summed E-state index contributed by atoms with van der Waals surface area (Å²) in [5, 5.41) is 4.83. The van der Waals surface area contributed by atoms with Crippen molar-refractivity contribution in [1.29, 1.82) is 0 Å². The molecule has 1 saturated carbocycles. The van der Waals surface area contributed by atoms with Gasteiger partial charge in [0.2, 0.25) is 0 Å². The number of alkyl halides is 6. The summed E-state index contributed by atoms with van der Waals surface area (Å²) >= 11 is 0. The molecule has 4 aromatic rings. The van der Waals surface area contributed by atoms with E-state index in [-0.39, 0.29) is 27.7 Å². The molecule has 42 heavy (non-hydrogen) atoms. The first-order valence-corrected chi connectivity index (χ1v) is 12.5. The third kappa shape index (κ3) is 6.66. The molecule has 224 valence electrons. The van der Waals surface area contributed by atoms with E-state index in [9.17, 15) is 40.3 Å². The van der Waals surface area contributed by atoms with Crippen molar-refractivity contribution in [3.63, 3.8) is 0 Å². The minimum atomic E-state index is -4.76. The molecule has 0 bridgehead atoms. The van der Waals surface area contributed by atoms with Gasteiger partial charge in [0.1, 0.15) is 11.4 Å². The van der Waals surface area contributed by atoms with E-state index in [1.807, 2.05) is 0 Å². The molecule has 0 spiro atoms. The van der Waals surface area contributed by atoms with E-state index in [4.69, 9.17) is 11.5 Å². The van der Waals surface area contributed by atoms with Crippen molar-refractivity contribution < 1.29 is 30.7 Å². The number of benzene rings is 1. The standard InChI is InChI=1S/C20H19F4N5O.C5H4F3N3O/c21-14-7-13-15(27-10-29(19(13)30)6-5-11-3-1-2-4-11)8-12(14)16-9-26-17(18(25)28-16)20(22,23)24;6-5(7,8)3-2(9)1-10-11-4(3)12/h7-11H,1-6H2,(H2,25,28);1H,(H3,9,11,12). The molecule has 0 saturated heterocycles. The van der Waals surface area contributed by atoms with E-state index in [2.05, 4.69) is 20.1 Å². The molecule has 3 heterocycles. The molecule has 0 atom stereocenters. The number of H-pyrrole nitrogens is 1. The van der Waals surface area contributed by atoms with Crippen LogP contribution in [0, 0.1) is 11.7 Å². The van der Waals surface area contributed by atoms with Crippen molar-refractivity contribution in [2.24, 2.45) is 5.92 Å². The highest BCUT2D eigenvalue weighted by atomic mass is 19.4. The summed E-state index contributed by atoms with van der Waals surface area (Å²) < 4.78 is 90.6. The number of anilines is 2. The number of halogens is 7. The summed E-state index contributed by atoms with van der Waals surface area (Å²) in [5.41, 5.74) is 5.06. The molecule has 0 amide bonds. The first kappa shape index (κ1) is 30.4. The maximum absolute atomic E-state index is 14.7. The normalized spacial score (nSPS) is 14.2. The number of nitrogens with zero attached hydrogens (tertiary/aromatic N) is 5. The highest BCUT2D eigenvalue weighted by Crippen LogP contribution is 2.33. The molecule has 5 rings (SSSR count). The van der Waals surface area contributed by atoms with Gasteiger partial charge in [0.05, 0.1) is 41.0 Å². The van der Waals surface area contributed by atoms with Crippen LogP contribution in [0.25, 0.3) is 22.2 Å². The smallest absolute Gasteiger partial charge is 0.397 e. The van der Waals surface area contributed by atoms with Crippen LogP contribution in [0.5, 0.6) is 0 Å². The first-order chi connectivity index (χ1) is 19.7. The third-order valence-electron chi connectivity index (χ3n) is 6.68. The van der Waals surface area contributed by atoms with Gasteiger partial charge in [-0.05, 0) is 24.5 Å². The Labute approximate surface area is 231 Å². The summed E-state index contributed by atoms with van der Waals surface area (Å²) in [4.78, 5) is 34.4. The number of aromatic amines is 1. The van der Waals surface area contributed by atoms with Crippen LogP contribution in [0.1, 0.15) is 43.4 Å². The molecule has 0 aliphatic heterocycles. The van der Waals surface area contributed by atoms with Gasteiger partial charge >= 0.3 is 12.4 Å². The Kier molecular flexibility index (Phi) is 8.49. The van der Waals surface area contributed by atoms with Crippen molar-refractivity contribution in [2.45, 2.75) is 51.0 Å². The van der Waals surface area contributed by atoms with E-state index in [1.165, 1.54) is 29.8 Å². The molecule has 1 aromatic carbocycles. The quantitative estimate of drug-likeness (QED) is 0.288. The zero-order chi connectivity index (χ0) is 30.8. The van der Waals surface area contributed by atoms with Crippen molar-refractivity contribution in [3.05, 3.63) is 68.6 Å². The zero-order valence-electron chi connectivity index (χ0n) is 21.6. The van der Waals surface area contributed by atoms with Gasteiger partial charge in [-0.2, -0.15) is 31.4 Å². The summed E-state index contributed by atoms with van der Waals surface area (Å²) in [6.07, 6.45) is -0.945. The van der Waals surface area contributed by atoms with Crippen LogP contribution in [0.2, 0.25) is 0 Å². The number of hydrogen-bond donors (Lipinski definition) is 3. The summed E-state index contributed by atoms with van der Waals surface area (Å²) in [5.74, 6) is -1.08. The van der Waals surface area contributed by atoms with Gasteiger partial charge in [-0.15, -0.1) is 0 Å². The number of rotatable bonds is 4. The third-order valence-corrected chi connectivity index (χ3v) is 6.68. The second kappa shape index (κ2) is 11.7. The zero-order valence-corrected chi connectivity index (χ0v) is 21.6. The van der Waals surface area contributed by atoms with Crippen LogP contribution >= 0.6 is 0 Å². The molecule has 10 nitrogen and oxygen atoms in total. The van der Waals surface area contributed by atoms with E-state index < -0.39 is 46.5 Å². The topological polar surface area (TPSA) is 158 Å². The Morgan fingerprint density at radius 3 is 2.24 bits per heavy atom. The van der Waals surface area contributed by atoms with Crippen LogP contribution in [0.15, 0.2) is 40.4 Å². The maximum Gasteiger partial charge on any atom is 0.437 e. The summed E-state index contributed by atoms with van der Waals surface area (Å²) in [7, 11) is 0. The van der Waals surface area contributed by atoms with Crippen molar-refractivity contribution in [2.75, 3.05) is 11.5 Å². The van der Waals surface area contributed by atoms with Crippen LogP contribution in [0.4, 0.5) is 42.2 Å². The lowest BCUT2D eigenvalue weighted by Crippen LogP contribution is -2.24. The van der Waals surface area contributed by atoms with E-state index in [0.717, 1.165) is 37.7 Å². The fourth-order valence-electron chi connectivity index (χ4n) is 4.61. The Morgan fingerprint density at radius 2 is 1.67 bits per heavy atom. The minimum absolute atomic E-state index is 0.0954. The average molecular weight is 600 g/mol. The number of fused-ring (bicyclic) bond motifs is 1. The molecule has 0 radical (unpaired) electrons. The van der Waals surface area contributed by atoms with Gasteiger partial charge in [-0.3, -0.25) is 14.2 Å². The van der Waals surface area contributed by atoms with Gasteiger partial charge in [-0.1, -0.05) is 25.7 Å². The van der Waals surface area contributed by atoms with Crippen LogP contribution in [-0.2, 0) is 18.9 Å². The van der Waals surface area contributed by atoms with Gasteiger partial charge in [-0.25, -0.2) is 24.4 Å². The number of aromatic nitrogens is 6. The Morgan fingerprint density at radius 1 is 0.976 bits per heavy atom. The van der Waals surface area contributed by atoms with Crippen molar-refractivity contribution in [1.82, 2.24) is 29.7 Å². The average Bonchev–Trinajstić information content (AvgIpc) is 3.41. The molecule has 1 aliphatic rings. The molecule has 0 unspecified atom stereocenters. The number of nitrogens with two attached hydrogens (primary N) is 2. The number of aryl methyl sites for hydroxylation is 1. The second-order valence-corrected chi connectivity index (χ2v) is 9.55. The second-order valence-electron chi connectivity index (χ2n) is 9.55. The predicted molar refractivity (Wildman–Crippen MR) is 137 cm³/mol. The Bertz CT molecular complexity index is 1710. The van der Waals surface area contributed by atoms with E-state index >= 15 is 0 Å². The summed E-state index contributed by atoms with van der Waals surface area (Å²) in [6, 6.07) is 2.30. The van der Waals surface area contributed by atoms with Crippen LogP contribution in [-0.4, -0.2) is 29.7 Å². The van der Waals surface area contributed by atoms with E-state index in [0.29, 0.717) is 12.5 Å². The monoisotopic (exact) mass is 600 g/mol. The Balaban J connectivity index is 0.000000283. The molecule has 17 heteroatoms. The van der Waals surface area contributed by atoms with Gasteiger partial charge in [0.25, 0.3) is 11.1 Å². The predicted octanol–water partition coefficient (Wildman–Crippen LogP) is 4.54. The highest BCUT2D eigenvalue weighted by Gasteiger charge is 2.37. The number of nitrogen functional groups attached to an aromatic ring is 2.